The third-order valence-corrected chi connectivity index (χ3v) is 6.59. The van der Waals surface area contributed by atoms with Crippen LogP contribution in [-0.2, 0) is 5.60 Å². The Morgan fingerprint density at radius 1 is 1.00 bits per heavy atom. The molecule has 30 heavy (non-hydrogen) atoms. The highest BCUT2D eigenvalue weighted by Gasteiger charge is 2.24. The molecule has 0 spiro atoms. The zero-order valence-corrected chi connectivity index (χ0v) is 18.1. The van der Waals surface area contributed by atoms with Gasteiger partial charge in [0.05, 0.1) is 27.0 Å². The fourth-order valence-corrected chi connectivity index (χ4v) is 4.71. The van der Waals surface area contributed by atoms with Crippen LogP contribution in [0.25, 0.3) is 37.6 Å². The number of halogens is 1. The van der Waals surface area contributed by atoms with Crippen molar-refractivity contribution < 1.29 is 5.11 Å². The SMILES string of the molecule is CC(C)(O)c1cc(-c2ccc(-c3ccc4cc[nH]c4c3)s2)n(-c2ccccc2Cl)n1. The number of hydrogen-bond donors (Lipinski definition) is 2. The van der Waals surface area contributed by atoms with Crippen LogP contribution in [0.3, 0.4) is 0 Å². The van der Waals surface area contributed by atoms with Gasteiger partial charge in [-0.3, -0.25) is 0 Å². The van der Waals surface area contributed by atoms with Gasteiger partial charge in [-0.2, -0.15) is 5.10 Å². The third-order valence-electron chi connectivity index (χ3n) is 5.11. The molecule has 0 aliphatic rings. The van der Waals surface area contributed by atoms with Crippen LogP contribution < -0.4 is 0 Å². The summed E-state index contributed by atoms with van der Waals surface area (Å²) in [4.78, 5) is 5.49. The number of thiophene rings is 1. The molecule has 0 radical (unpaired) electrons. The van der Waals surface area contributed by atoms with Gasteiger partial charge in [-0.1, -0.05) is 35.9 Å². The van der Waals surface area contributed by atoms with Crippen molar-refractivity contribution in [2.24, 2.45) is 0 Å². The van der Waals surface area contributed by atoms with Crippen LogP contribution in [0.4, 0.5) is 0 Å². The Labute approximate surface area is 183 Å². The van der Waals surface area contributed by atoms with Gasteiger partial charge in [0.1, 0.15) is 5.60 Å². The first-order valence-corrected chi connectivity index (χ1v) is 10.9. The summed E-state index contributed by atoms with van der Waals surface area (Å²) in [6.07, 6.45) is 1.95. The minimum absolute atomic E-state index is 0.597. The number of aromatic nitrogens is 3. The summed E-state index contributed by atoms with van der Waals surface area (Å²) >= 11 is 8.15. The van der Waals surface area contributed by atoms with Crippen molar-refractivity contribution in [3.8, 4) is 26.7 Å². The molecule has 0 aliphatic heterocycles. The van der Waals surface area contributed by atoms with E-state index in [2.05, 4.69) is 46.5 Å². The summed E-state index contributed by atoms with van der Waals surface area (Å²) in [6, 6.07) is 22.3. The molecule has 5 aromatic rings. The van der Waals surface area contributed by atoms with E-state index in [1.165, 1.54) is 10.3 Å². The number of fused-ring (bicyclic) bond motifs is 1. The molecule has 4 nitrogen and oxygen atoms in total. The Balaban J connectivity index is 1.63. The van der Waals surface area contributed by atoms with Crippen molar-refractivity contribution >= 4 is 33.8 Å². The second-order valence-corrected chi connectivity index (χ2v) is 9.27. The van der Waals surface area contributed by atoms with Crippen LogP contribution in [0.2, 0.25) is 5.02 Å². The quantitative estimate of drug-likeness (QED) is 0.334. The number of nitrogens with one attached hydrogen (secondary N) is 1. The Bertz CT molecular complexity index is 1360. The maximum atomic E-state index is 10.5. The minimum atomic E-state index is -1.06. The van der Waals surface area contributed by atoms with Gasteiger partial charge in [-0.15, -0.1) is 11.3 Å². The van der Waals surface area contributed by atoms with E-state index in [-0.39, 0.29) is 0 Å². The normalized spacial score (nSPS) is 12.0. The predicted molar refractivity (Wildman–Crippen MR) is 124 cm³/mol. The molecule has 3 heterocycles. The van der Waals surface area contributed by atoms with Crippen molar-refractivity contribution in [2.45, 2.75) is 19.4 Å². The number of nitrogens with zero attached hydrogens (tertiary/aromatic N) is 2. The Hall–Kier alpha value is -2.86. The predicted octanol–water partition coefficient (Wildman–Crippen LogP) is 6.63. The second kappa shape index (κ2) is 7.13. The van der Waals surface area contributed by atoms with Gasteiger partial charge in [0.15, 0.2) is 0 Å². The van der Waals surface area contributed by atoms with Crippen molar-refractivity contribution in [1.82, 2.24) is 14.8 Å². The van der Waals surface area contributed by atoms with E-state index in [4.69, 9.17) is 11.6 Å². The van der Waals surface area contributed by atoms with Gasteiger partial charge in [0, 0.05) is 16.6 Å². The van der Waals surface area contributed by atoms with E-state index in [1.54, 1.807) is 25.2 Å². The highest BCUT2D eigenvalue weighted by atomic mass is 35.5. The maximum Gasteiger partial charge on any atom is 0.103 e. The molecule has 0 unspecified atom stereocenters. The zero-order valence-electron chi connectivity index (χ0n) is 16.6. The smallest absolute Gasteiger partial charge is 0.103 e. The lowest BCUT2D eigenvalue weighted by Gasteiger charge is -2.13. The number of para-hydroxylation sites is 1. The fraction of sp³-hybridized carbons (Fsp3) is 0.125. The molecule has 0 saturated carbocycles. The van der Waals surface area contributed by atoms with Crippen molar-refractivity contribution in [2.75, 3.05) is 0 Å². The standard InChI is InChI=1S/C24H20ClN3OS/c1-24(2,29)23-14-20(28(27-23)19-6-4-3-5-17(19)25)22-10-9-21(30-22)16-8-7-15-11-12-26-18(15)13-16/h3-14,26,29H,1-2H3. The lowest BCUT2D eigenvalue weighted by molar-refractivity contribution is 0.0734. The number of benzene rings is 2. The molecular weight excluding hydrogens is 414 g/mol. The summed E-state index contributed by atoms with van der Waals surface area (Å²) in [6.45, 7) is 3.48. The topological polar surface area (TPSA) is 53.8 Å². The van der Waals surface area contributed by atoms with Crippen molar-refractivity contribution in [1.29, 1.82) is 0 Å². The Kier molecular flexibility index (Phi) is 4.54. The maximum absolute atomic E-state index is 10.5. The van der Waals surface area contributed by atoms with E-state index in [0.29, 0.717) is 10.7 Å². The number of hydrogen-bond acceptors (Lipinski definition) is 3. The van der Waals surface area contributed by atoms with Crippen LogP contribution >= 0.6 is 22.9 Å². The molecule has 150 valence electrons. The molecule has 0 atom stereocenters. The highest BCUT2D eigenvalue weighted by Crippen LogP contribution is 2.38. The van der Waals surface area contributed by atoms with Gasteiger partial charge in [-0.25, -0.2) is 4.68 Å². The zero-order chi connectivity index (χ0) is 20.9. The minimum Gasteiger partial charge on any atom is -0.384 e. The van der Waals surface area contributed by atoms with Gasteiger partial charge < -0.3 is 10.1 Å². The van der Waals surface area contributed by atoms with Crippen molar-refractivity contribution in [3.05, 3.63) is 83.6 Å². The molecule has 0 amide bonds. The molecule has 0 fully saturated rings. The van der Waals surface area contributed by atoms with Gasteiger partial charge >= 0.3 is 0 Å². The van der Waals surface area contributed by atoms with E-state index in [0.717, 1.165) is 27.3 Å². The largest absolute Gasteiger partial charge is 0.384 e. The van der Waals surface area contributed by atoms with Gasteiger partial charge in [-0.05, 0) is 67.3 Å². The summed E-state index contributed by atoms with van der Waals surface area (Å²) in [5.41, 5.74) is 3.51. The third kappa shape index (κ3) is 3.35. The first-order chi connectivity index (χ1) is 14.4. The Morgan fingerprint density at radius 3 is 2.60 bits per heavy atom. The fourth-order valence-electron chi connectivity index (χ4n) is 3.49. The van der Waals surface area contributed by atoms with Crippen LogP contribution in [0.5, 0.6) is 0 Å². The van der Waals surface area contributed by atoms with Crippen LogP contribution in [-0.4, -0.2) is 19.9 Å². The Morgan fingerprint density at radius 2 is 1.80 bits per heavy atom. The first kappa shape index (κ1) is 19.1. The lowest BCUT2D eigenvalue weighted by atomic mass is 10.1. The highest BCUT2D eigenvalue weighted by molar-refractivity contribution is 7.18. The first-order valence-electron chi connectivity index (χ1n) is 9.66. The van der Waals surface area contributed by atoms with Gasteiger partial charge in [0.25, 0.3) is 0 Å². The molecule has 3 aromatic heterocycles. The molecule has 0 saturated heterocycles. The molecular formula is C24H20ClN3OS. The van der Waals surface area contributed by atoms with Crippen LogP contribution in [0.1, 0.15) is 19.5 Å². The second-order valence-electron chi connectivity index (χ2n) is 7.78. The molecule has 6 heteroatoms. The van der Waals surface area contributed by atoms with Gasteiger partial charge in [0.2, 0.25) is 0 Å². The molecule has 0 bridgehead atoms. The molecule has 2 aromatic carbocycles. The van der Waals surface area contributed by atoms with E-state index in [9.17, 15) is 5.11 Å². The van der Waals surface area contributed by atoms with Crippen LogP contribution in [0, 0.1) is 0 Å². The summed E-state index contributed by atoms with van der Waals surface area (Å²) in [5, 5.41) is 17.0. The summed E-state index contributed by atoms with van der Waals surface area (Å²) < 4.78 is 1.82. The van der Waals surface area contributed by atoms with Crippen LogP contribution in [0.15, 0.2) is 72.9 Å². The lowest BCUT2D eigenvalue weighted by Crippen LogP contribution is -2.16. The average molecular weight is 434 g/mol. The van der Waals surface area contributed by atoms with Crippen molar-refractivity contribution in [3.63, 3.8) is 0 Å². The van der Waals surface area contributed by atoms with E-state index in [1.807, 2.05) is 41.2 Å². The summed E-state index contributed by atoms with van der Waals surface area (Å²) in [7, 11) is 0. The number of aliphatic hydroxyl groups is 1. The molecule has 0 aliphatic carbocycles. The summed E-state index contributed by atoms with van der Waals surface area (Å²) in [5.74, 6) is 0. The molecule has 5 rings (SSSR count). The van der Waals surface area contributed by atoms with E-state index < -0.39 is 5.60 Å². The number of rotatable bonds is 4. The molecule has 2 N–H and O–H groups in total. The number of aromatic amines is 1. The van der Waals surface area contributed by atoms with E-state index >= 15 is 0 Å². The average Bonchev–Trinajstić information content (AvgIpc) is 3.45. The monoisotopic (exact) mass is 433 g/mol. The number of H-pyrrole nitrogens is 1.